The number of anilines is 2. The van der Waals surface area contributed by atoms with Crippen molar-refractivity contribution in [3.8, 4) is 5.69 Å². The van der Waals surface area contributed by atoms with Crippen molar-refractivity contribution < 1.29 is 0 Å². The zero-order chi connectivity index (χ0) is 16.6. The van der Waals surface area contributed by atoms with E-state index in [0.717, 1.165) is 31.7 Å². The summed E-state index contributed by atoms with van der Waals surface area (Å²) in [6.45, 7) is 4.97. The van der Waals surface area contributed by atoms with Crippen LogP contribution in [0.25, 0.3) is 5.69 Å². The van der Waals surface area contributed by atoms with E-state index in [0.29, 0.717) is 5.95 Å². The largest absolute Gasteiger partial charge is 0.372 e. The molecule has 0 saturated carbocycles. The van der Waals surface area contributed by atoms with Crippen molar-refractivity contribution in [1.82, 2.24) is 20.2 Å². The molecule has 0 aliphatic carbocycles. The highest BCUT2D eigenvalue weighted by molar-refractivity contribution is 5.45. The molecule has 0 aliphatic heterocycles. The summed E-state index contributed by atoms with van der Waals surface area (Å²) < 4.78 is 1.72. The molecule has 0 bridgehead atoms. The third-order valence-corrected chi connectivity index (χ3v) is 3.86. The zero-order valence-corrected chi connectivity index (χ0v) is 13.8. The standard InChI is InChI=1S/C18H22N6/c1-2-23(16-10-5-3-6-11-16)15-9-14-19-18-20-21-22-24(18)17-12-7-4-8-13-17/h3-8,10-13H,2,9,14-15H2,1H3,(H,19,20,22). The molecular formula is C18H22N6. The Bertz CT molecular complexity index is 726. The summed E-state index contributed by atoms with van der Waals surface area (Å²) in [4.78, 5) is 2.36. The molecule has 0 atom stereocenters. The Morgan fingerprint density at radius 2 is 1.71 bits per heavy atom. The van der Waals surface area contributed by atoms with E-state index in [9.17, 15) is 0 Å². The molecule has 0 saturated heterocycles. The van der Waals surface area contributed by atoms with Gasteiger partial charge in [0, 0.05) is 25.3 Å². The van der Waals surface area contributed by atoms with Crippen LogP contribution in [0.15, 0.2) is 60.7 Å². The minimum atomic E-state index is 0.670. The van der Waals surface area contributed by atoms with Crippen LogP contribution in [0, 0.1) is 0 Å². The van der Waals surface area contributed by atoms with Gasteiger partial charge in [-0.3, -0.25) is 0 Å². The van der Waals surface area contributed by atoms with Crippen molar-refractivity contribution in [3.05, 3.63) is 60.7 Å². The Hall–Kier alpha value is -2.89. The van der Waals surface area contributed by atoms with Gasteiger partial charge in [-0.05, 0) is 48.0 Å². The molecule has 1 N–H and O–H groups in total. The number of nitrogens with zero attached hydrogens (tertiary/aromatic N) is 5. The Morgan fingerprint density at radius 3 is 2.42 bits per heavy atom. The van der Waals surface area contributed by atoms with Crippen LogP contribution in [0.2, 0.25) is 0 Å². The highest BCUT2D eigenvalue weighted by atomic mass is 15.6. The maximum Gasteiger partial charge on any atom is 0.247 e. The molecule has 2 aromatic carbocycles. The van der Waals surface area contributed by atoms with E-state index < -0.39 is 0 Å². The maximum atomic E-state index is 4.06. The summed E-state index contributed by atoms with van der Waals surface area (Å²) in [6.07, 6.45) is 1.00. The van der Waals surface area contributed by atoms with Crippen LogP contribution >= 0.6 is 0 Å². The third kappa shape index (κ3) is 3.90. The van der Waals surface area contributed by atoms with Crippen LogP contribution in [0.3, 0.4) is 0 Å². The topological polar surface area (TPSA) is 58.9 Å². The normalized spacial score (nSPS) is 10.5. The van der Waals surface area contributed by atoms with E-state index in [1.807, 2.05) is 36.4 Å². The van der Waals surface area contributed by atoms with Crippen molar-refractivity contribution in [3.63, 3.8) is 0 Å². The second kappa shape index (κ2) is 8.10. The van der Waals surface area contributed by atoms with Crippen LogP contribution < -0.4 is 10.2 Å². The molecule has 3 aromatic rings. The van der Waals surface area contributed by atoms with Gasteiger partial charge in [-0.1, -0.05) is 41.5 Å². The second-order valence-corrected chi connectivity index (χ2v) is 5.45. The van der Waals surface area contributed by atoms with E-state index in [1.165, 1.54) is 5.69 Å². The SMILES string of the molecule is CCN(CCCNc1nnnn1-c1ccccc1)c1ccccc1. The molecule has 6 nitrogen and oxygen atoms in total. The predicted octanol–water partition coefficient (Wildman–Crippen LogP) is 2.99. The maximum absolute atomic E-state index is 4.06. The molecule has 1 aromatic heterocycles. The molecule has 3 rings (SSSR count). The van der Waals surface area contributed by atoms with E-state index in [-0.39, 0.29) is 0 Å². The summed E-state index contributed by atoms with van der Waals surface area (Å²) in [5.74, 6) is 0.670. The van der Waals surface area contributed by atoms with Gasteiger partial charge in [0.15, 0.2) is 0 Å². The molecule has 1 heterocycles. The van der Waals surface area contributed by atoms with Gasteiger partial charge < -0.3 is 10.2 Å². The summed E-state index contributed by atoms with van der Waals surface area (Å²) >= 11 is 0. The average Bonchev–Trinajstić information content (AvgIpc) is 3.12. The lowest BCUT2D eigenvalue weighted by Crippen LogP contribution is -2.25. The van der Waals surface area contributed by atoms with E-state index in [4.69, 9.17) is 0 Å². The number of hydrogen-bond acceptors (Lipinski definition) is 5. The van der Waals surface area contributed by atoms with Gasteiger partial charge in [-0.25, -0.2) is 0 Å². The van der Waals surface area contributed by atoms with Crippen LogP contribution in [-0.2, 0) is 0 Å². The zero-order valence-electron chi connectivity index (χ0n) is 13.8. The van der Waals surface area contributed by atoms with E-state index >= 15 is 0 Å². The molecule has 6 heteroatoms. The Morgan fingerprint density at radius 1 is 1.00 bits per heavy atom. The summed E-state index contributed by atoms with van der Waals surface area (Å²) in [7, 11) is 0. The smallest absolute Gasteiger partial charge is 0.247 e. The van der Waals surface area contributed by atoms with Gasteiger partial charge in [-0.2, -0.15) is 4.68 Å². The first kappa shape index (κ1) is 16.0. The van der Waals surface area contributed by atoms with Gasteiger partial charge in [-0.15, -0.1) is 0 Å². The van der Waals surface area contributed by atoms with Crippen molar-refractivity contribution >= 4 is 11.6 Å². The summed E-state index contributed by atoms with van der Waals surface area (Å²) in [5, 5.41) is 15.2. The number of benzene rings is 2. The average molecular weight is 322 g/mol. The first-order valence-corrected chi connectivity index (χ1v) is 8.26. The Labute approximate surface area is 142 Å². The molecule has 24 heavy (non-hydrogen) atoms. The molecule has 0 radical (unpaired) electrons. The van der Waals surface area contributed by atoms with Crippen LogP contribution in [-0.4, -0.2) is 39.8 Å². The molecule has 0 fully saturated rings. The van der Waals surface area contributed by atoms with Crippen LogP contribution in [0.1, 0.15) is 13.3 Å². The Kier molecular flexibility index (Phi) is 5.40. The van der Waals surface area contributed by atoms with Crippen molar-refractivity contribution in [2.45, 2.75) is 13.3 Å². The number of hydrogen-bond donors (Lipinski definition) is 1. The van der Waals surface area contributed by atoms with Crippen molar-refractivity contribution in [1.29, 1.82) is 0 Å². The molecule has 0 amide bonds. The Balaban J connectivity index is 1.53. The lowest BCUT2D eigenvalue weighted by atomic mass is 10.2. The summed E-state index contributed by atoms with van der Waals surface area (Å²) in [6, 6.07) is 20.4. The van der Waals surface area contributed by atoms with Gasteiger partial charge in [0.05, 0.1) is 5.69 Å². The fourth-order valence-electron chi connectivity index (χ4n) is 2.62. The van der Waals surface area contributed by atoms with Gasteiger partial charge in [0.25, 0.3) is 0 Å². The number of rotatable bonds is 8. The molecular weight excluding hydrogens is 300 g/mol. The van der Waals surface area contributed by atoms with Crippen molar-refractivity contribution in [2.24, 2.45) is 0 Å². The fourth-order valence-corrected chi connectivity index (χ4v) is 2.62. The summed E-state index contributed by atoms with van der Waals surface area (Å²) in [5.41, 5.74) is 2.21. The molecule has 0 aliphatic rings. The first-order chi connectivity index (χ1) is 11.9. The second-order valence-electron chi connectivity index (χ2n) is 5.45. The van der Waals surface area contributed by atoms with Gasteiger partial charge in [0.2, 0.25) is 5.95 Å². The number of tetrazole rings is 1. The monoisotopic (exact) mass is 322 g/mol. The van der Waals surface area contributed by atoms with E-state index in [2.05, 4.69) is 56.9 Å². The van der Waals surface area contributed by atoms with Gasteiger partial charge in [0.1, 0.15) is 0 Å². The number of aromatic nitrogens is 4. The molecule has 0 unspecified atom stereocenters. The first-order valence-electron chi connectivity index (χ1n) is 8.26. The molecule has 124 valence electrons. The minimum Gasteiger partial charge on any atom is -0.372 e. The third-order valence-electron chi connectivity index (χ3n) is 3.86. The minimum absolute atomic E-state index is 0.670. The lowest BCUT2D eigenvalue weighted by molar-refractivity contribution is 0.759. The predicted molar refractivity (Wildman–Crippen MR) is 96.6 cm³/mol. The lowest BCUT2D eigenvalue weighted by Gasteiger charge is -2.23. The highest BCUT2D eigenvalue weighted by Crippen LogP contribution is 2.13. The van der Waals surface area contributed by atoms with E-state index in [1.54, 1.807) is 4.68 Å². The van der Waals surface area contributed by atoms with Crippen molar-refractivity contribution in [2.75, 3.05) is 29.9 Å². The number of nitrogens with one attached hydrogen (secondary N) is 1. The number of para-hydroxylation sites is 2. The van der Waals surface area contributed by atoms with Crippen LogP contribution in [0.4, 0.5) is 11.6 Å². The van der Waals surface area contributed by atoms with Gasteiger partial charge >= 0.3 is 0 Å². The highest BCUT2D eigenvalue weighted by Gasteiger charge is 2.07. The quantitative estimate of drug-likeness (QED) is 0.646. The molecule has 0 spiro atoms. The van der Waals surface area contributed by atoms with Crippen LogP contribution in [0.5, 0.6) is 0 Å². The fraction of sp³-hybridized carbons (Fsp3) is 0.278.